The molecule has 1 unspecified atom stereocenters. The normalized spacial score (nSPS) is 20.4. The Balaban J connectivity index is 2.26. The molecule has 21 heavy (non-hydrogen) atoms. The van der Waals surface area contributed by atoms with Gasteiger partial charge >= 0.3 is 0 Å². The molecule has 0 fully saturated rings. The average Bonchev–Trinajstić information content (AvgIpc) is 2.45. The van der Waals surface area contributed by atoms with E-state index in [-0.39, 0.29) is 17.2 Å². The highest BCUT2D eigenvalue weighted by Crippen LogP contribution is 2.49. The van der Waals surface area contributed by atoms with E-state index >= 15 is 0 Å². The van der Waals surface area contributed by atoms with Crippen molar-refractivity contribution in [2.45, 2.75) is 25.2 Å². The number of nitrogens with zero attached hydrogens (tertiary/aromatic N) is 1. The second-order valence-electron chi connectivity index (χ2n) is 6.42. The Morgan fingerprint density at radius 1 is 1.24 bits per heavy atom. The number of hydrogen-bond acceptors (Lipinski definition) is 0. The first-order chi connectivity index (χ1) is 10.0. The average molecular weight is 278 g/mol. The van der Waals surface area contributed by atoms with Crippen LogP contribution in [0.5, 0.6) is 0 Å². The molecule has 0 saturated heterocycles. The largest absolute Gasteiger partial charge is 0.222 e. The van der Waals surface area contributed by atoms with Crippen LogP contribution in [-0.2, 0) is 5.41 Å². The van der Waals surface area contributed by atoms with Crippen LogP contribution in [0.2, 0.25) is 0 Å². The molecule has 0 spiro atoms. The third kappa shape index (κ3) is 1.48. The zero-order chi connectivity index (χ0) is 14.8. The molecule has 1 heterocycles. The number of fused-ring (bicyclic) bond motifs is 2. The maximum atomic E-state index is 14.6. The third-order valence-electron chi connectivity index (χ3n) is 4.87. The van der Waals surface area contributed by atoms with E-state index in [0.29, 0.717) is 0 Å². The fourth-order valence-corrected chi connectivity index (χ4v) is 3.90. The zero-order valence-electron chi connectivity index (χ0n) is 12.2. The molecule has 1 aromatic heterocycles. The molecular weight excluding hydrogens is 261 g/mol. The lowest BCUT2D eigenvalue weighted by Gasteiger charge is -2.39. The highest BCUT2D eigenvalue weighted by molar-refractivity contribution is 5.73. The molecule has 2 heteroatoms. The molecule has 0 aliphatic heterocycles. The SMILES string of the molecule is C=[n+]1ccc2c3c1-c1cccc(F)c1C(C)(C)C3C=CC=2. The highest BCUT2D eigenvalue weighted by Gasteiger charge is 2.44. The van der Waals surface area contributed by atoms with Gasteiger partial charge in [-0.25, -0.2) is 4.39 Å². The standard InChI is InChI=1S/C19H17FN/c1-19(2)14-8-4-6-12-10-11-21(3)18(16(12)14)13-7-5-9-15(20)17(13)19/h4-11,14H,3H2,1-2H3/q+1. The van der Waals surface area contributed by atoms with E-state index in [0.717, 1.165) is 16.8 Å². The van der Waals surface area contributed by atoms with Crippen LogP contribution in [0.15, 0.2) is 42.6 Å². The summed E-state index contributed by atoms with van der Waals surface area (Å²) in [5, 5.41) is 1.21. The van der Waals surface area contributed by atoms with E-state index in [1.54, 1.807) is 12.1 Å². The Morgan fingerprint density at radius 2 is 2.05 bits per heavy atom. The minimum atomic E-state index is -0.276. The summed E-state index contributed by atoms with van der Waals surface area (Å²) in [4.78, 5) is 0. The second kappa shape index (κ2) is 3.91. The van der Waals surface area contributed by atoms with Crippen molar-refractivity contribution in [2.24, 2.45) is 0 Å². The first kappa shape index (κ1) is 12.5. The predicted molar refractivity (Wildman–Crippen MR) is 81.8 cm³/mol. The molecule has 2 aliphatic carbocycles. The van der Waals surface area contributed by atoms with Gasteiger partial charge in [-0.15, -0.1) is 0 Å². The Hall–Kier alpha value is -2.22. The molecule has 1 aromatic carbocycles. The van der Waals surface area contributed by atoms with E-state index in [2.05, 4.69) is 44.9 Å². The lowest BCUT2D eigenvalue weighted by molar-refractivity contribution is -0.486. The van der Waals surface area contributed by atoms with Gasteiger partial charge in [-0.05, 0) is 17.4 Å². The van der Waals surface area contributed by atoms with Gasteiger partial charge in [0.05, 0.1) is 5.56 Å². The Bertz CT molecular complexity index is 906. The van der Waals surface area contributed by atoms with Gasteiger partial charge in [0.15, 0.2) is 6.20 Å². The number of rotatable bonds is 0. The fraction of sp³-hybridized carbons (Fsp3) is 0.211. The summed E-state index contributed by atoms with van der Waals surface area (Å²) < 4.78 is 16.4. The third-order valence-corrected chi connectivity index (χ3v) is 4.87. The van der Waals surface area contributed by atoms with Crippen LogP contribution in [0.1, 0.15) is 30.9 Å². The zero-order valence-corrected chi connectivity index (χ0v) is 12.2. The van der Waals surface area contributed by atoms with Crippen molar-refractivity contribution in [3.63, 3.8) is 0 Å². The molecule has 2 aliphatic rings. The van der Waals surface area contributed by atoms with Crippen LogP contribution in [0.4, 0.5) is 4.39 Å². The molecule has 0 saturated carbocycles. The van der Waals surface area contributed by atoms with Crippen LogP contribution >= 0.6 is 0 Å². The highest BCUT2D eigenvalue weighted by atomic mass is 19.1. The number of benzene rings is 1. The van der Waals surface area contributed by atoms with Crippen molar-refractivity contribution >= 4 is 6.08 Å². The van der Waals surface area contributed by atoms with E-state index in [4.69, 9.17) is 0 Å². The summed E-state index contributed by atoms with van der Waals surface area (Å²) in [6.45, 7) is 8.36. The van der Waals surface area contributed by atoms with E-state index in [9.17, 15) is 4.39 Å². The van der Waals surface area contributed by atoms with Crippen LogP contribution in [0.3, 0.4) is 0 Å². The predicted octanol–water partition coefficient (Wildman–Crippen LogP) is 3.14. The van der Waals surface area contributed by atoms with Crippen molar-refractivity contribution in [3.8, 4) is 11.3 Å². The maximum absolute atomic E-state index is 14.6. The smallest absolute Gasteiger partial charge is 0.207 e. The molecular formula is C19H17FN+. The molecule has 2 aromatic rings. The fourth-order valence-electron chi connectivity index (χ4n) is 3.90. The summed E-state index contributed by atoms with van der Waals surface area (Å²) in [7, 11) is 0. The molecule has 1 atom stereocenters. The van der Waals surface area contributed by atoms with Crippen LogP contribution < -0.4 is 9.46 Å². The summed E-state index contributed by atoms with van der Waals surface area (Å²) in [5.74, 6) is 0.0441. The minimum absolute atomic E-state index is 0.128. The van der Waals surface area contributed by atoms with Gasteiger partial charge in [-0.2, -0.15) is 4.24 Å². The first-order valence-corrected chi connectivity index (χ1v) is 7.22. The van der Waals surface area contributed by atoms with Crippen molar-refractivity contribution in [1.29, 1.82) is 0 Å². The number of aromatic nitrogens is 1. The summed E-state index contributed by atoms with van der Waals surface area (Å²) in [6, 6.07) is 7.43. The lowest BCUT2D eigenvalue weighted by Crippen LogP contribution is -2.40. The van der Waals surface area contributed by atoms with Crippen LogP contribution in [0, 0.1) is 12.5 Å². The Labute approximate surface area is 123 Å². The Morgan fingerprint density at radius 3 is 2.86 bits per heavy atom. The number of allylic oxidation sites excluding steroid dienone is 2. The van der Waals surface area contributed by atoms with E-state index < -0.39 is 0 Å². The summed E-state index contributed by atoms with van der Waals surface area (Å²) in [5.41, 5.74) is 3.78. The van der Waals surface area contributed by atoms with E-state index in [1.165, 1.54) is 10.8 Å². The molecule has 0 amide bonds. The lowest BCUT2D eigenvalue weighted by atomic mass is 9.63. The summed E-state index contributed by atoms with van der Waals surface area (Å²) in [6.07, 6.45) is 8.34. The van der Waals surface area contributed by atoms with Gasteiger partial charge in [0.25, 0.3) is 0 Å². The van der Waals surface area contributed by atoms with Gasteiger partial charge in [0.2, 0.25) is 5.69 Å². The van der Waals surface area contributed by atoms with Gasteiger partial charge in [0, 0.05) is 28.5 Å². The molecule has 0 N–H and O–H groups in total. The second-order valence-corrected chi connectivity index (χ2v) is 6.42. The number of hydrogen-bond donors (Lipinski definition) is 0. The summed E-state index contributed by atoms with van der Waals surface area (Å²) >= 11 is 0. The monoisotopic (exact) mass is 278 g/mol. The van der Waals surface area contributed by atoms with Crippen molar-refractivity contribution < 1.29 is 8.63 Å². The molecule has 0 radical (unpaired) electrons. The van der Waals surface area contributed by atoms with Crippen molar-refractivity contribution in [3.05, 3.63) is 71.5 Å². The van der Waals surface area contributed by atoms with E-state index in [1.807, 2.05) is 16.5 Å². The van der Waals surface area contributed by atoms with Gasteiger partial charge in [-0.1, -0.05) is 38.1 Å². The van der Waals surface area contributed by atoms with Crippen molar-refractivity contribution in [2.75, 3.05) is 0 Å². The van der Waals surface area contributed by atoms with Crippen LogP contribution in [0.25, 0.3) is 17.3 Å². The minimum Gasteiger partial charge on any atom is -0.207 e. The van der Waals surface area contributed by atoms with Gasteiger partial charge in [0.1, 0.15) is 12.5 Å². The molecule has 4 rings (SSSR count). The van der Waals surface area contributed by atoms with Gasteiger partial charge < -0.3 is 0 Å². The first-order valence-electron chi connectivity index (χ1n) is 7.22. The molecule has 104 valence electrons. The Kier molecular flexibility index (Phi) is 2.33. The topological polar surface area (TPSA) is 5.90 Å². The number of halogens is 1. The van der Waals surface area contributed by atoms with Crippen molar-refractivity contribution in [1.82, 2.24) is 0 Å². The number of pyridine rings is 1. The van der Waals surface area contributed by atoms with Gasteiger partial charge in [-0.3, -0.25) is 0 Å². The van der Waals surface area contributed by atoms with Crippen LogP contribution in [-0.4, -0.2) is 0 Å². The quantitative estimate of drug-likeness (QED) is 0.653. The molecule has 1 nitrogen and oxygen atoms in total. The molecule has 0 bridgehead atoms. The maximum Gasteiger partial charge on any atom is 0.222 e.